The van der Waals surface area contributed by atoms with Crippen molar-refractivity contribution in [2.24, 2.45) is 0 Å². The minimum absolute atomic E-state index is 0.337. The van der Waals surface area contributed by atoms with Gasteiger partial charge in [-0.25, -0.2) is 4.39 Å². The number of aliphatic hydroxyl groups is 1. The van der Waals surface area contributed by atoms with Gasteiger partial charge in [-0.3, -0.25) is 0 Å². The van der Waals surface area contributed by atoms with Gasteiger partial charge in [-0.2, -0.15) is 0 Å². The summed E-state index contributed by atoms with van der Waals surface area (Å²) in [6, 6.07) is 4.58. The second-order valence-corrected chi connectivity index (χ2v) is 5.71. The highest BCUT2D eigenvalue weighted by Gasteiger charge is 2.34. The van der Waals surface area contributed by atoms with Crippen molar-refractivity contribution >= 4 is 11.6 Å². The molecule has 1 aromatic carbocycles. The van der Waals surface area contributed by atoms with Gasteiger partial charge in [0.25, 0.3) is 0 Å². The van der Waals surface area contributed by atoms with Crippen molar-refractivity contribution < 1.29 is 9.50 Å². The molecule has 0 aliphatic carbocycles. The maximum atomic E-state index is 13.5. The molecular weight excluding hydrogens is 241 g/mol. The summed E-state index contributed by atoms with van der Waals surface area (Å²) in [5.41, 5.74) is -0.874. The first-order valence-corrected chi connectivity index (χ1v) is 5.92. The number of hydrogen-bond donors (Lipinski definition) is 2. The highest BCUT2D eigenvalue weighted by atomic mass is 35.5. The van der Waals surface area contributed by atoms with Crippen molar-refractivity contribution in [2.45, 2.75) is 45.4 Å². The van der Waals surface area contributed by atoms with Crippen LogP contribution in [0, 0.1) is 5.82 Å². The average molecular weight is 260 g/mol. The normalized spacial score (nSPS) is 12.9. The Labute approximate surface area is 107 Å². The predicted octanol–water partition coefficient (Wildman–Crippen LogP) is 3.12. The second kappa shape index (κ2) is 4.92. The van der Waals surface area contributed by atoms with Crippen LogP contribution in [0.15, 0.2) is 18.2 Å². The molecule has 0 fully saturated rings. The molecule has 0 spiro atoms. The Morgan fingerprint density at radius 3 is 2.35 bits per heavy atom. The van der Waals surface area contributed by atoms with E-state index in [0.29, 0.717) is 17.1 Å². The number of hydrogen-bond acceptors (Lipinski definition) is 2. The summed E-state index contributed by atoms with van der Waals surface area (Å²) in [5.74, 6) is -0.337. The van der Waals surface area contributed by atoms with E-state index >= 15 is 0 Å². The van der Waals surface area contributed by atoms with E-state index in [4.69, 9.17) is 11.6 Å². The SMILES string of the molecule is CC(C)(O)C(C)(C)NCc1ccc(Cl)cc1F. The molecule has 0 unspecified atom stereocenters. The van der Waals surface area contributed by atoms with Crippen LogP contribution in [-0.2, 0) is 6.54 Å². The first kappa shape index (κ1) is 14.4. The van der Waals surface area contributed by atoms with Gasteiger partial charge in [-0.05, 0) is 39.8 Å². The molecule has 96 valence electrons. The molecule has 0 saturated carbocycles. The number of benzene rings is 1. The lowest BCUT2D eigenvalue weighted by molar-refractivity contribution is -0.00543. The van der Waals surface area contributed by atoms with Crippen LogP contribution in [0.1, 0.15) is 33.3 Å². The molecule has 0 amide bonds. The third-order valence-corrected chi connectivity index (χ3v) is 3.50. The van der Waals surface area contributed by atoms with Crippen molar-refractivity contribution in [3.63, 3.8) is 0 Å². The summed E-state index contributed by atoms with van der Waals surface area (Å²) in [6.45, 7) is 7.54. The molecule has 0 heterocycles. The Hall–Kier alpha value is -0.640. The molecule has 2 N–H and O–H groups in total. The average Bonchev–Trinajstić information content (AvgIpc) is 2.14. The summed E-state index contributed by atoms with van der Waals surface area (Å²) in [5, 5.41) is 13.5. The van der Waals surface area contributed by atoms with E-state index < -0.39 is 11.1 Å². The van der Waals surface area contributed by atoms with Gasteiger partial charge in [-0.1, -0.05) is 17.7 Å². The molecule has 0 bridgehead atoms. The molecule has 1 rings (SSSR count). The molecule has 0 radical (unpaired) electrons. The standard InChI is InChI=1S/C13H19ClFNO/c1-12(2,13(3,4)17)16-8-9-5-6-10(14)7-11(9)15/h5-7,16-17H,8H2,1-4H3. The molecular formula is C13H19ClFNO. The zero-order valence-electron chi connectivity index (χ0n) is 10.6. The summed E-state index contributed by atoms with van der Waals surface area (Å²) in [7, 11) is 0. The third-order valence-electron chi connectivity index (χ3n) is 3.27. The van der Waals surface area contributed by atoms with Crippen LogP contribution < -0.4 is 5.32 Å². The predicted molar refractivity (Wildman–Crippen MR) is 68.6 cm³/mol. The summed E-state index contributed by atoms with van der Waals surface area (Å²) in [6.07, 6.45) is 0. The van der Waals surface area contributed by atoms with Crippen LogP contribution in [0.5, 0.6) is 0 Å². The van der Waals surface area contributed by atoms with Gasteiger partial charge in [0.2, 0.25) is 0 Å². The smallest absolute Gasteiger partial charge is 0.129 e. The highest BCUT2D eigenvalue weighted by Crippen LogP contribution is 2.22. The summed E-state index contributed by atoms with van der Waals surface area (Å²) in [4.78, 5) is 0. The Balaban J connectivity index is 2.74. The summed E-state index contributed by atoms with van der Waals surface area (Å²) < 4.78 is 13.5. The van der Waals surface area contributed by atoms with Gasteiger partial charge in [-0.15, -0.1) is 0 Å². The minimum atomic E-state index is -0.893. The number of rotatable bonds is 4. The van der Waals surface area contributed by atoms with Gasteiger partial charge in [0.05, 0.1) is 5.60 Å². The van der Waals surface area contributed by atoms with Gasteiger partial charge in [0, 0.05) is 22.7 Å². The van der Waals surface area contributed by atoms with E-state index in [-0.39, 0.29) is 5.82 Å². The van der Waals surface area contributed by atoms with Crippen molar-refractivity contribution in [3.05, 3.63) is 34.6 Å². The van der Waals surface area contributed by atoms with E-state index in [1.807, 2.05) is 13.8 Å². The lowest BCUT2D eigenvalue weighted by Crippen LogP contribution is -2.55. The molecule has 0 saturated heterocycles. The largest absolute Gasteiger partial charge is 0.389 e. The molecule has 17 heavy (non-hydrogen) atoms. The molecule has 2 nitrogen and oxygen atoms in total. The Morgan fingerprint density at radius 2 is 1.88 bits per heavy atom. The van der Waals surface area contributed by atoms with Crippen LogP contribution in [0.4, 0.5) is 4.39 Å². The fourth-order valence-electron chi connectivity index (χ4n) is 1.20. The maximum absolute atomic E-state index is 13.5. The Morgan fingerprint density at radius 1 is 1.29 bits per heavy atom. The zero-order chi connectivity index (χ0) is 13.3. The monoisotopic (exact) mass is 259 g/mol. The highest BCUT2D eigenvalue weighted by molar-refractivity contribution is 6.30. The number of nitrogens with one attached hydrogen (secondary N) is 1. The Kier molecular flexibility index (Phi) is 4.18. The molecule has 0 atom stereocenters. The third kappa shape index (κ3) is 3.66. The molecule has 4 heteroatoms. The fourth-order valence-corrected chi connectivity index (χ4v) is 1.36. The topological polar surface area (TPSA) is 32.3 Å². The van der Waals surface area contributed by atoms with Crippen molar-refractivity contribution in [1.82, 2.24) is 5.32 Å². The molecule has 0 aliphatic rings. The van der Waals surface area contributed by atoms with Crippen LogP contribution >= 0.6 is 11.6 Å². The van der Waals surface area contributed by atoms with Crippen LogP contribution in [0.2, 0.25) is 5.02 Å². The molecule has 0 aromatic heterocycles. The minimum Gasteiger partial charge on any atom is -0.389 e. The van der Waals surface area contributed by atoms with Gasteiger partial charge in [0.15, 0.2) is 0 Å². The van der Waals surface area contributed by atoms with E-state index in [1.54, 1.807) is 26.0 Å². The van der Waals surface area contributed by atoms with Gasteiger partial charge < -0.3 is 10.4 Å². The first-order chi connectivity index (χ1) is 7.63. The molecule has 1 aromatic rings. The van der Waals surface area contributed by atoms with Crippen molar-refractivity contribution in [3.8, 4) is 0 Å². The zero-order valence-corrected chi connectivity index (χ0v) is 11.4. The lowest BCUT2D eigenvalue weighted by atomic mass is 9.86. The Bertz CT molecular complexity index is 399. The van der Waals surface area contributed by atoms with E-state index in [1.165, 1.54) is 6.07 Å². The molecule has 0 aliphatic heterocycles. The van der Waals surface area contributed by atoms with Crippen LogP contribution in [-0.4, -0.2) is 16.2 Å². The van der Waals surface area contributed by atoms with Crippen LogP contribution in [0.25, 0.3) is 0 Å². The van der Waals surface area contributed by atoms with Crippen LogP contribution in [0.3, 0.4) is 0 Å². The maximum Gasteiger partial charge on any atom is 0.129 e. The second-order valence-electron chi connectivity index (χ2n) is 5.27. The van der Waals surface area contributed by atoms with E-state index in [2.05, 4.69) is 5.32 Å². The van der Waals surface area contributed by atoms with E-state index in [9.17, 15) is 9.50 Å². The van der Waals surface area contributed by atoms with Gasteiger partial charge >= 0.3 is 0 Å². The quantitative estimate of drug-likeness (QED) is 0.871. The lowest BCUT2D eigenvalue weighted by Gasteiger charge is -2.38. The van der Waals surface area contributed by atoms with Crippen molar-refractivity contribution in [2.75, 3.05) is 0 Å². The van der Waals surface area contributed by atoms with E-state index in [0.717, 1.165) is 0 Å². The number of halogens is 2. The first-order valence-electron chi connectivity index (χ1n) is 5.55. The summed E-state index contributed by atoms with van der Waals surface area (Å²) >= 11 is 5.68. The van der Waals surface area contributed by atoms with Gasteiger partial charge in [0.1, 0.15) is 5.82 Å². The van der Waals surface area contributed by atoms with Crippen molar-refractivity contribution in [1.29, 1.82) is 0 Å². The fraction of sp³-hybridized carbons (Fsp3) is 0.538.